The fourth-order valence-corrected chi connectivity index (χ4v) is 3.14. The zero-order chi connectivity index (χ0) is 13.2. The molecule has 1 aliphatic rings. The molecule has 1 atom stereocenters. The number of H-pyrrole nitrogens is 1. The first-order chi connectivity index (χ1) is 9.24. The Morgan fingerprint density at radius 2 is 2.05 bits per heavy atom. The molecule has 3 heteroatoms. The van der Waals surface area contributed by atoms with E-state index in [-0.39, 0.29) is 0 Å². The lowest BCUT2D eigenvalue weighted by atomic mass is 9.91. The van der Waals surface area contributed by atoms with Gasteiger partial charge in [-0.3, -0.25) is 4.90 Å². The van der Waals surface area contributed by atoms with Crippen LogP contribution in [0.25, 0.3) is 10.9 Å². The summed E-state index contributed by atoms with van der Waals surface area (Å²) in [6.45, 7) is 5.53. The summed E-state index contributed by atoms with van der Waals surface area (Å²) in [5.74, 6) is 0.708. The van der Waals surface area contributed by atoms with Crippen LogP contribution in [0.2, 0.25) is 0 Å². The average Bonchev–Trinajstić information content (AvgIpc) is 2.83. The molecule has 3 nitrogen and oxygen atoms in total. The summed E-state index contributed by atoms with van der Waals surface area (Å²) in [4.78, 5) is 5.91. The molecule has 0 aliphatic carbocycles. The van der Waals surface area contributed by atoms with Gasteiger partial charge in [-0.05, 0) is 50.4 Å². The summed E-state index contributed by atoms with van der Waals surface area (Å²) >= 11 is 0. The number of aromatic nitrogens is 1. The van der Waals surface area contributed by atoms with Gasteiger partial charge in [0.15, 0.2) is 0 Å². The van der Waals surface area contributed by atoms with Crippen LogP contribution in [0.4, 0.5) is 0 Å². The first-order valence-electron chi connectivity index (χ1n) is 7.27. The van der Waals surface area contributed by atoms with Gasteiger partial charge in [0.2, 0.25) is 0 Å². The topological polar surface area (TPSA) is 45.0 Å². The van der Waals surface area contributed by atoms with E-state index >= 15 is 0 Å². The molecular weight excluding hydrogens is 234 g/mol. The summed E-state index contributed by atoms with van der Waals surface area (Å²) in [5, 5.41) is 1.36. The lowest BCUT2D eigenvalue weighted by Crippen LogP contribution is -2.39. The highest BCUT2D eigenvalue weighted by atomic mass is 15.1. The van der Waals surface area contributed by atoms with Crippen LogP contribution in [0.15, 0.2) is 30.5 Å². The monoisotopic (exact) mass is 257 g/mol. The van der Waals surface area contributed by atoms with Crippen molar-refractivity contribution in [1.29, 1.82) is 0 Å². The summed E-state index contributed by atoms with van der Waals surface area (Å²) in [5.41, 5.74) is 8.65. The molecule has 0 spiro atoms. The minimum Gasteiger partial charge on any atom is -0.361 e. The number of nitrogens with zero attached hydrogens (tertiary/aromatic N) is 1. The number of fused-ring (bicyclic) bond motifs is 1. The summed E-state index contributed by atoms with van der Waals surface area (Å²) in [6, 6.07) is 8.88. The Balaban J connectivity index is 1.66. The number of aromatic amines is 1. The van der Waals surface area contributed by atoms with Crippen molar-refractivity contribution in [2.45, 2.75) is 32.4 Å². The predicted octanol–water partition coefficient (Wildman–Crippen LogP) is 2.73. The standard InChI is InChI=1S/C16H23N3/c1-12(17)13-6-8-19(9-7-13)11-14-10-18-16-5-3-2-4-15(14)16/h2-5,10,12-13,18H,6-9,11,17H2,1H3. The highest BCUT2D eigenvalue weighted by molar-refractivity contribution is 5.82. The zero-order valence-electron chi connectivity index (χ0n) is 11.6. The molecule has 0 bridgehead atoms. The largest absolute Gasteiger partial charge is 0.361 e. The molecule has 102 valence electrons. The third-order valence-corrected chi connectivity index (χ3v) is 4.44. The molecule has 1 aromatic carbocycles. The molecule has 1 fully saturated rings. The summed E-state index contributed by atoms with van der Waals surface area (Å²) in [7, 11) is 0. The van der Waals surface area contributed by atoms with Gasteiger partial charge in [-0.25, -0.2) is 0 Å². The van der Waals surface area contributed by atoms with Gasteiger partial charge in [0.25, 0.3) is 0 Å². The lowest BCUT2D eigenvalue weighted by molar-refractivity contribution is 0.166. The Kier molecular flexibility index (Phi) is 3.58. The van der Waals surface area contributed by atoms with Crippen LogP contribution < -0.4 is 5.73 Å². The maximum atomic E-state index is 6.00. The van der Waals surface area contributed by atoms with E-state index in [9.17, 15) is 0 Å². The van der Waals surface area contributed by atoms with Crippen molar-refractivity contribution in [1.82, 2.24) is 9.88 Å². The van der Waals surface area contributed by atoms with Gasteiger partial charge >= 0.3 is 0 Å². The zero-order valence-corrected chi connectivity index (χ0v) is 11.6. The highest BCUT2D eigenvalue weighted by Crippen LogP contribution is 2.24. The van der Waals surface area contributed by atoms with Gasteiger partial charge in [0, 0.05) is 29.7 Å². The average molecular weight is 257 g/mol. The molecule has 0 radical (unpaired) electrons. The third-order valence-electron chi connectivity index (χ3n) is 4.44. The molecule has 0 saturated carbocycles. The number of piperidine rings is 1. The number of hydrogen-bond acceptors (Lipinski definition) is 2. The van der Waals surface area contributed by atoms with E-state index in [1.807, 2.05) is 0 Å². The number of likely N-dealkylation sites (tertiary alicyclic amines) is 1. The van der Waals surface area contributed by atoms with E-state index in [2.05, 4.69) is 47.3 Å². The molecule has 1 saturated heterocycles. The fourth-order valence-electron chi connectivity index (χ4n) is 3.14. The van der Waals surface area contributed by atoms with Gasteiger partial charge in [-0.1, -0.05) is 18.2 Å². The van der Waals surface area contributed by atoms with Crippen LogP contribution >= 0.6 is 0 Å². The van der Waals surface area contributed by atoms with E-state index in [1.165, 1.54) is 42.4 Å². The Morgan fingerprint density at radius 3 is 2.79 bits per heavy atom. The second-order valence-electron chi connectivity index (χ2n) is 5.83. The number of hydrogen-bond donors (Lipinski definition) is 2. The maximum Gasteiger partial charge on any atom is 0.0457 e. The van der Waals surface area contributed by atoms with Crippen molar-refractivity contribution >= 4 is 10.9 Å². The molecule has 1 aromatic heterocycles. The normalized spacial score (nSPS) is 19.9. The van der Waals surface area contributed by atoms with Crippen molar-refractivity contribution in [3.63, 3.8) is 0 Å². The smallest absolute Gasteiger partial charge is 0.0457 e. The van der Waals surface area contributed by atoms with Crippen molar-refractivity contribution in [2.75, 3.05) is 13.1 Å². The Hall–Kier alpha value is -1.32. The quantitative estimate of drug-likeness (QED) is 0.888. The van der Waals surface area contributed by atoms with E-state index in [4.69, 9.17) is 5.73 Å². The molecule has 1 unspecified atom stereocenters. The van der Waals surface area contributed by atoms with E-state index in [0.717, 1.165) is 6.54 Å². The van der Waals surface area contributed by atoms with Gasteiger partial charge in [-0.15, -0.1) is 0 Å². The molecule has 19 heavy (non-hydrogen) atoms. The minimum atomic E-state index is 0.343. The SMILES string of the molecule is CC(N)C1CCN(Cc2c[nH]c3ccccc23)CC1. The van der Waals surface area contributed by atoms with Crippen LogP contribution in [-0.4, -0.2) is 29.0 Å². The number of rotatable bonds is 3. The Labute approximate surface area is 114 Å². The third kappa shape index (κ3) is 2.67. The summed E-state index contributed by atoms with van der Waals surface area (Å²) < 4.78 is 0. The van der Waals surface area contributed by atoms with Gasteiger partial charge in [-0.2, -0.15) is 0 Å². The van der Waals surface area contributed by atoms with Gasteiger partial charge in [0.05, 0.1) is 0 Å². The minimum absolute atomic E-state index is 0.343. The molecule has 2 heterocycles. The van der Waals surface area contributed by atoms with Crippen LogP contribution in [0.3, 0.4) is 0 Å². The molecule has 1 aliphatic heterocycles. The number of nitrogens with two attached hydrogens (primary N) is 1. The number of nitrogens with one attached hydrogen (secondary N) is 1. The highest BCUT2D eigenvalue weighted by Gasteiger charge is 2.22. The number of para-hydroxylation sites is 1. The maximum absolute atomic E-state index is 6.00. The van der Waals surface area contributed by atoms with Crippen molar-refractivity contribution < 1.29 is 0 Å². The second-order valence-corrected chi connectivity index (χ2v) is 5.83. The summed E-state index contributed by atoms with van der Waals surface area (Å²) in [6.07, 6.45) is 4.63. The molecule has 2 aromatic rings. The molecule has 3 rings (SSSR count). The molecule has 0 amide bonds. The van der Waals surface area contributed by atoms with E-state index in [0.29, 0.717) is 12.0 Å². The van der Waals surface area contributed by atoms with Crippen molar-refractivity contribution in [3.05, 3.63) is 36.0 Å². The Morgan fingerprint density at radius 1 is 1.32 bits per heavy atom. The fraction of sp³-hybridized carbons (Fsp3) is 0.500. The van der Waals surface area contributed by atoms with Crippen LogP contribution in [0.1, 0.15) is 25.3 Å². The van der Waals surface area contributed by atoms with Crippen molar-refractivity contribution in [3.8, 4) is 0 Å². The van der Waals surface area contributed by atoms with Gasteiger partial charge in [0.1, 0.15) is 0 Å². The molecule has 3 N–H and O–H groups in total. The first-order valence-corrected chi connectivity index (χ1v) is 7.27. The predicted molar refractivity (Wildman–Crippen MR) is 79.9 cm³/mol. The van der Waals surface area contributed by atoms with Crippen LogP contribution in [-0.2, 0) is 6.54 Å². The van der Waals surface area contributed by atoms with E-state index < -0.39 is 0 Å². The van der Waals surface area contributed by atoms with Crippen LogP contribution in [0.5, 0.6) is 0 Å². The van der Waals surface area contributed by atoms with Crippen LogP contribution in [0, 0.1) is 5.92 Å². The Bertz CT molecular complexity index is 536. The second kappa shape index (κ2) is 5.35. The molecular formula is C16H23N3. The lowest BCUT2D eigenvalue weighted by Gasteiger charge is -2.33. The number of benzene rings is 1. The first kappa shape index (κ1) is 12.7. The van der Waals surface area contributed by atoms with Crippen molar-refractivity contribution in [2.24, 2.45) is 11.7 Å². The van der Waals surface area contributed by atoms with Gasteiger partial charge < -0.3 is 10.7 Å². The van der Waals surface area contributed by atoms with E-state index in [1.54, 1.807) is 0 Å².